The lowest BCUT2D eigenvalue weighted by atomic mass is 9.71. The maximum Gasteiger partial charge on any atom is 0.273 e. The number of fused-ring (bicyclic) bond motifs is 4. The van der Waals surface area contributed by atoms with Crippen molar-refractivity contribution in [2.75, 3.05) is 31.8 Å². The smallest absolute Gasteiger partial charge is 0.273 e. The highest BCUT2D eigenvalue weighted by Gasteiger charge is 2.45. The molecule has 40 heavy (non-hydrogen) atoms. The molecule has 0 fully saturated rings. The summed E-state index contributed by atoms with van der Waals surface area (Å²) in [5.41, 5.74) is 4.64. The summed E-state index contributed by atoms with van der Waals surface area (Å²) in [5, 5.41) is 4.37. The normalized spacial score (nSPS) is 22.3. The van der Waals surface area contributed by atoms with E-state index in [-0.39, 0.29) is 17.7 Å². The van der Waals surface area contributed by atoms with Crippen molar-refractivity contribution in [2.45, 2.75) is 63.1 Å². The van der Waals surface area contributed by atoms with Crippen LogP contribution in [0.15, 0.2) is 33.9 Å². The number of benzene rings is 1. The van der Waals surface area contributed by atoms with Gasteiger partial charge in [0, 0.05) is 49.9 Å². The Hall–Kier alpha value is -2.83. The highest BCUT2D eigenvalue weighted by atomic mass is 79.9. The van der Waals surface area contributed by atoms with Crippen molar-refractivity contribution in [3.63, 3.8) is 0 Å². The van der Waals surface area contributed by atoms with Crippen LogP contribution < -0.4 is 4.90 Å². The topological polar surface area (TPSA) is 111 Å². The molecule has 3 aromatic rings. The minimum absolute atomic E-state index is 0.154. The van der Waals surface area contributed by atoms with Crippen LogP contribution >= 0.6 is 15.9 Å². The molecule has 0 bridgehead atoms. The summed E-state index contributed by atoms with van der Waals surface area (Å²) < 4.78 is 35.2. The third-order valence-electron chi connectivity index (χ3n) is 8.08. The Morgan fingerprint density at radius 3 is 2.75 bits per heavy atom. The fraction of sp³-hybridized carbons (Fsp3) is 0.500. The summed E-state index contributed by atoms with van der Waals surface area (Å²) in [5.74, 6) is 0.836. The van der Waals surface area contributed by atoms with E-state index in [1.165, 1.54) is 10.5 Å². The summed E-state index contributed by atoms with van der Waals surface area (Å²) in [7, 11) is -0.260. The van der Waals surface area contributed by atoms with Gasteiger partial charge in [0.05, 0.1) is 30.1 Å². The number of hydrogen-bond donors (Lipinski definition) is 0. The number of aromatic nitrogens is 4. The van der Waals surface area contributed by atoms with Crippen molar-refractivity contribution in [2.24, 2.45) is 5.92 Å². The van der Waals surface area contributed by atoms with Crippen LogP contribution in [-0.2, 0) is 52.7 Å². The molecule has 1 spiro atoms. The van der Waals surface area contributed by atoms with Gasteiger partial charge in [-0.3, -0.25) is 9.48 Å². The molecule has 6 rings (SSSR count). The number of hydrogen-bond acceptors (Lipinski definition) is 8. The molecule has 4 heterocycles. The van der Waals surface area contributed by atoms with Gasteiger partial charge >= 0.3 is 0 Å². The average Bonchev–Trinajstić information content (AvgIpc) is 3.18. The van der Waals surface area contributed by atoms with Crippen molar-refractivity contribution in [3.8, 4) is 0 Å². The second kappa shape index (κ2) is 9.92. The summed E-state index contributed by atoms with van der Waals surface area (Å²) in [6.07, 6.45) is 4.20. The number of rotatable bonds is 3. The molecule has 1 aliphatic carbocycles. The van der Waals surface area contributed by atoms with Crippen LogP contribution in [0, 0.1) is 5.92 Å². The van der Waals surface area contributed by atoms with Gasteiger partial charge in [-0.2, -0.15) is 5.10 Å². The van der Waals surface area contributed by atoms with Gasteiger partial charge in [-0.05, 0) is 54.5 Å². The van der Waals surface area contributed by atoms with Gasteiger partial charge in [-0.1, -0.05) is 28.9 Å². The molecule has 0 radical (unpaired) electrons. The average molecular weight is 630 g/mol. The summed E-state index contributed by atoms with van der Waals surface area (Å²) in [4.78, 5) is 25.4. The zero-order valence-electron chi connectivity index (χ0n) is 23.1. The second-order valence-corrected chi connectivity index (χ2v) is 14.3. The molecule has 2 unspecified atom stereocenters. The van der Waals surface area contributed by atoms with E-state index >= 15 is 0 Å². The predicted octanol–water partition coefficient (Wildman–Crippen LogP) is 3.50. The van der Waals surface area contributed by atoms with E-state index in [9.17, 15) is 13.2 Å². The Labute approximate surface area is 242 Å². The van der Waals surface area contributed by atoms with Gasteiger partial charge in [0.25, 0.3) is 5.91 Å². The maximum absolute atomic E-state index is 12.8. The fourth-order valence-electron chi connectivity index (χ4n) is 6.30. The molecule has 0 N–H and O–H groups in total. The van der Waals surface area contributed by atoms with Crippen molar-refractivity contribution in [3.05, 3.63) is 62.5 Å². The Balaban J connectivity index is 1.43. The van der Waals surface area contributed by atoms with Crippen LogP contribution in [-0.4, -0.2) is 65.9 Å². The van der Waals surface area contributed by atoms with Crippen LogP contribution in [0.2, 0.25) is 0 Å². The Morgan fingerprint density at radius 1 is 1.20 bits per heavy atom. The number of ether oxygens (including phenoxy) is 1. The summed E-state index contributed by atoms with van der Waals surface area (Å²) >= 11 is 3.63. The lowest BCUT2D eigenvalue weighted by molar-refractivity contribution is -0.0939. The molecule has 2 aromatic heterocycles. The molecule has 10 nitrogen and oxygen atoms in total. The highest BCUT2D eigenvalue weighted by molar-refractivity contribution is 9.10. The van der Waals surface area contributed by atoms with Gasteiger partial charge in [0.1, 0.15) is 5.82 Å². The van der Waals surface area contributed by atoms with Gasteiger partial charge in [-0.15, -0.1) is 0 Å². The zero-order valence-corrected chi connectivity index (χ0v) is 25.5. The van der Waals surface area contributed by atoms with Gasteiger partial charge in [0.15, 0.2) is 5.69 Å². The molecule has 1 amide bonds. The minimum atomic E-state index is -3.67. The van der Waals surface area contributed by atoms with Gasteiger partial charge < -0.3 is 14.5 Å². The van der Waals surface area contributed by atoms with Crippen molar-refractivity contribution in [1.29, 1.82) is 0 Å². The van der Waals surface area contributed by atoms with E-state index in [0.717, 1.165) is 52.5 Å². The first-order valence-electron chi connectivity index (χ1n) is 13.5. The zero-order chi connectivity index (χ0) is 28.4. The maximum atomic E-state index is 12.8. The minimum Gasteiger partial charge on any atom is -0.365 e. The third kappa shape index (κ3) is 4.83. The molecule has 2 atom stereocenters. The monoisotopic (exact) mass is 628 g/mol. The molecule has 212 valence electrons. The number of aryl methyl sites for hydroxylation is 1. The van der Waals surface area contributed by atoms with E-state index in [1.807, 2.05) is 10.7 Å². The van der Waals surface area contributed by atoms with Gasteiger partial charge in [-0.25, -0.2) is 18.4 Å². The standard InChI is InChI=1S/C28H33BrN6O4S/c1-17-10-18-6-7-19(29)11-22(18)28(13-17)14-24-21(16-39-28)25(31-27(30-24)40(4,37)38)34-8-5-9-35-20(15-34)12-23(32-35)26(36)33(2)3/h6-7,11-12,17H,5,8-10,13-16H2,1-4H3. The van der Waals surface area contributed by atoms with Crippen molar-refractivity contribution >= 4 is 37.5 Å². The lowest BCUT2D eigenvalue weighted by Gasteiger charge is -2.45. The van der Waals surface area contributed by atoms with Crippen LogP contribution in [0.4, 0.5) is 5.82 Å². The number of halogens is 1. The number of amides is 1. The number of sulfone groups is 1. The van der Waals surface area contributed by atoms with E-state index in [1.54, 1.807) is 14.1 Å². The number of nitrogens with zero attached hydrogens (tertiary/aromatic N) is 6. The number of carbonyl (C=O) groups is 1. The third-order valence-corrected chi connectivity index (χ3v) is 9.42. The van der Waals surface area contributed by atoms with E-state index in [4.69, 9.17) is 4.74 Å². The van der Waals surface area contributed by atoms with E-state index in [2.05, 4.69) is 61.0 Å². The largest absolute Gasteiger partial charge is 0.365 e. The molecule has 1 aromatic carbocycles. The Morgan fingerprint density at radius 2 is 2.00 bits per heavy atom. The van der Waals surface area contributed by atoms with Gasteiger partial charge in [0.2, 0.25) is 15.0 Å². The lowest BCUT2D eigenvalue weighted by Crippen LogP contribution is -2.42. The Kier molecular flexibility index (Phi) is 6.78. The first kappa shape index (κ1) is 27.3. The summed E-state index contributed by atoms with van der Waals surface area (Å²) in [6, 6.07) is 8.16. The first-order chi connectivity index (χ1) is 18.9. The van der Waals surface area contributed by atoms with E-state index in [0.29, 0.717) is 43.5 Å². The van der Waals surface area contributed by atoms with Crippen molar-refractivity contribution in [1.82, 2.24) is 24.6 Å². The molecule has 0 saturated carbocycles. The second-order valence-electron chi connectivity index (χ2n) is 11.5. The highest BCUT2D eigenvalue weighted by Crippen LogP contribution is 2.48. The fourth-order valence-corrected chi connectivity index (χ4v) is 7.19. The SMILES string of the molecule is CC1Cc2ccc(Br)cc2C2(Cc3nc(S(C)(=O)=O)nc(N4CCCn5nc(C(=O)N(C)C)cc5C4)c3CO2)C1. The van der Waals surface area contributed by atoms with Crippen LogP contribution in [0.1, 0.15) is 58.3 Å². The summed E-state index contributed by atoms with van der Waals surface area (Å²) in [6.45, 7) is 4.27. The number of anilines is 1. The molecule has 3 aliphatic rings. The number of carbonyl (C=O) groups excluding carboxylic acids is 1. The predicted molar refractivity (Wildman–Crippen MR) is 153 cm³/mol. The van der Waals surface area contributed by atoms with Crippen LogP contribution in [0.3, 0.4) is 0 Å². The first-order valence-corrected chi connectivity index (χ1v) is 16.2. The molecular formula is C28H33BrN6O4S. The Bertz CT molecular complexity index is 1620. The molecular weight excluding hydrogens is 596 g/mol. The van der Waals surface area contributed by atoms with E-state index < -0.39 is 15.4 Å². The van der Waals surface area contributed by atoms with Crippen molar-refractivity contribution < 1.29 is 17.9 Å². The quantitative estimate of drug-likeness (QED) is 0.405. The molecule has 2 aliphatic heterocycles. The molecule has 12 heteroatoms. The van der Waals surface area contributed by atoms with Crippen LogP contribution in [0.5, 0.6) is 0 Å². The molecule has 0 saturated heterocycles. The van der Waals surface area contributed by atoms with Crippen LogP contribution in [0.25, 0.3) is 0 Å².